The molecule has 114 valence electrons. The van der Waals surface area contributed by atoms with E-state index in [1.165, 1.54) is 0 Å². The predicted octanol–water partition coefficient (Wildman–Crippen LogP) is 1.85. The van der Waals surface area contributed by atoms with E-state index in [0.717, 1.165) is 18.4 Å². The second-order valence-corrected chi connectivity index (χ2v) is 6.61. The number of rotatable bonds is 3. The number of nitrogens with zero attached hydrogens (tertiary/aromatic N) is 1. The van der Waals surface area contributed by atoms with E-state index in [9.17, 15) is 9.90 Å². The molecule has 2 heterocycles. The summed E-state index contributed by atoms with van der Waals surface area (Å²) in [5.41, 5.74) is -0.0622. The summed E-state index contributed by atoms with van der Waals surface area (Å²) in [4.78, 5) is 14.8. The fourth-order valence-corrected chi connectivity index (χ4v) is 3.78. The predicted molar refractivity (Wildman–Crippen MR) is 81.8 cm³/mol. The van der Waals surface area contributed by atoms with E-state index in [4.69, 9.17) is 0 Å². The molecule has 1 aromatic carbocycles. The molecule has 0 aromatic heterocycles. The molecule has 3 unspecified atom stereocenters. The topological polar surface area (TPSA) is 52.6 Å². The molecule has 2 aliphatic heterocycles. The van der Waals surface area contributed by atoms with Crippen LogP contribution in [-0.2, 0) is 4.79 Å². The molecule has 4 nitrogen and oxygen atoms in total. The van der Waals surface area contributed by atoms with Crippen molar-refractivity contribution in [3.8, 4) is 0 Å². The van der Waals surface area contributed by atoms with Crippen molar-refractivity contribution >= 4 is 5.91 Å². The van der Waals surface area contributed by atoms with Crippen molar-refractivity contribution in [3.63, 3.8) is 0 Å². The van der Waals surface area contributed by atoms with Gasteiger partial charge in [-0.2, -0.15) is 0 Å². The Morgan fingerprint density at radius 2 is 1.86 bits per heavy atom. The van der Waals surface area contributed by atoms with Crippen LogP contribution in [0.5, 0.6) is 0 Å². The van der Waals surface area contributed by atoms with E-state index >= 15 is 0 Å². The third-order valence-corrected chi connectivity index (χ3v) is 5.18. The van der Waals surface area contributed by atoms with Crippen LogP contribution in [0.4, 0.5) is 0 Å². The van der Waals surface area contributed by atoms with Crippen molar-refractivity contribution in [2.24, 2.45) is 0 Å². The van der Waals surface area contributed by atoms with Gasteiger partial charge in [-0.05, 0) is 32.4 Å². The van der Waals surface area contributed by atoms with Gasteiger partial charge in [0.15, 0.2) is 0 Å². The van der Waals surface area contributed by atoms with Gasteiger partial charge in [0.1, 0.15) is 5.72 Å². The fraction of sp³-hybridized carbons (Fsp3) is 0.588. The van der Waals surface area contributed by atoms with E-state index in [2.05, 4.69) is 17.3 Å². The first-order valence-corrected chi connectivity index (χ1v) is 7.80. The number of fused-ring (bicyclic) bond motifs is 2. The highest BCUT2D eigenvalue weighted by Crippen LogP contribution is 2.38. The van der Waals surface area contributed by atoms with Gasteiger partial charge < -0.3 is 15.3 Å². The number of carbonyl (C=O) groups is 1. The Morgan fingerprint density at radius 1 is 1.29 bits per heavy atom. The van der Waals surface area contributed by atoms with Gasteiger partial charge in [0, 0.05) is 24.9 Å². The SMILES string of the molecule is CC(C(=O)NC1(O)CC2CCC(C1)N2C)c1ccccc1. The maximum Gasteiger partial charge on any atom is 0.229 e. The zero-order valence-electron chi connectivity index (χ0n) is 12.7. The summed E-state index contributed by atoms with van der Waals surface area (Å²) in [5.74, 6) is -0.333. The molecule has 0 radical (unpaired) electrons. The van der Waals surface area contributed by atoms with E-state index in [-0.39, 0.29) is 11.8 Å². The summed E-state index contributed by atoms with van der Waals surface area (Å²) in [5, 5.41) is 13.7. The number of aliphatic hydroxyl groups is 1. The van der Waals surface area contributed by atoms with E-state index in [1.807, 2.05) is 37.3 Å². The minimum Gasteiger partial charge on any atom is -0.371 e. The third kappa shape index (κ3) is 2.83. The number of piperidine rings is 1. The smallest absolute Gasteiger partial charge is 0.229 e. The van der Waals surface area contributed by atoms with Crippen LogP contribution in [0.3, 0.4) is 0 Å². The lowest BCUT2D eigenvalue weighted by Gasteiger charge is -2.42. The first-order valence-electron chi connectivity index (χ1n) is 7.80. The average Bonchev–Trinajstić information content (AvgIpc) is 2.70. The largest absolute Gasteiger partial charge is 0.371 e. The highest BCUT2D eigenvalue weighted by molar-refractivity contribution is 5.83. The lowest BCUT2D eigenvalue weighted by Crippen LogP contribution is -2.58. The van der Waals surface area contributed by atoms with Gasteiger partial charge in [-0.3, -0.25) is 4.79 Å². The van der Waals surface area contributed by atoms with Crippen LogP contribution in [0.1, 0.15) is 44.1 Å². The second kappa shape index (κ2) is 5.43. The molecule has 0 spiro atoms. The molecule has 2 N–H and O–H groups in total. The van der Waals surface area contributed by atoms with Crippen molar-refractivity contribution in [2.45, 2.75) is 56.3 Å². The van der Waals surface area contributed by atoms with Gasteiger partial charge >= 0.3 is 0 Å². The van der Waals surface area contributed by atoms with Gasteiger partial charge in [-0.1, -0.05) is 30.3 Å². The zero-order valence-corrected chi connectivity index (χ0v) is 12.7. The minimum atomic E-state index is -1.04. The molecule has 2 bridgehead atoms. The van der Waals surface area contributed by atoms with E-state index in [1.54, 1.807) is 0 Å². The van der Waals surface area contributed by atoms with Crippen LogP contribution in [0.15, 0.2) is 30.3 Å². The molecule has 0 aliphatic carbocycles. The number of hydrogen-bond acceptors (Lipinski definition) is 3. The molecule has 3 atom stereocenters. The molecular formula is C17H24N2O2. The highest BCUT2D eigenvalue weighted by Gasteiger charge is 2.46. The Labute approximate surface area is 126 Å². The maximum atomic E-state index is 12.4. The van der Waals surface area contributed by atoms with Crippen LogP contribution in [0.25, 0.3) is 0 Å². The normalized spacial score (nSPS) is 33.7. The van der Waals surface area contributed by atoms with Crippen LogP contribution in [0.2, 0.25) is 0 Å². The number of hydrogen-bond donors (Lipinski definition) is 2. The fourth-order valence-electron chi connectivity index (χ4n) is 3.78. The molecular weight excluding hydrogens is 264 g/mol. The van der Waals surface area contributed by atoms with Crippen molar-refractivity contribution < 1.29 is 9.90 Å². The van der Waals surface area contributed by atoms with Crippen molar-refractivity contribution in [2.75, 3.05) is 7.05 Å². The van der Waals surface area contributed by atoms with Crippen LogP contribution in [-0.4, -0.2) is 40.8 Å². The number of benzene rings is 1. The number of nitrogens with one attached hydrogen (secondary N) is 1. The Morgan fingerprint density at radius 3 is 2.43 bits per heavy atom. The monoisotopic (exact) mass is 288 g/mol. The lowest BCUT2D eigenvalue weighted by molar-refractivity contribution is -0.135. The first-order chi connectivity index (χ1) is 9.98. The number of carbonyl (C=O) groups excluding carboxylic acids is 1. The number of amides is 1. The van der Waals surface area contributed by atoms with E-state index in [0.29, 0.717) is 24.9 Å². The summed E-state index contributed by atoms with van der Waals surface area (Å²) in [6.07, 6.45) is 3.50. The Hall–Kier alpha value is -1.39. The summed E-state index contributed by atoms with van der Waals surface area (Å²) in [6, 6.07) is 10.5. The lowest BCUT2D eigenvalue weighted by atomic mass is 9.92. The van der Waals surface area contributed by atoms with Gasteiger partial charge in [0.05, 0.1) is 5.92 Å². The molecule has 2 fully saturated rings. The zero-order chi connectivity index (χ0) is 15.0. The molecule has 3 rings (SSSR count). The summed E-state index contributed by atoms with van der Waals surface area (Å²) in [7, 11) is 2.12. The highest BCUT2D eigenvalue weighted by atomic mass is 16.3. The molecule has 21 heavy (non-hydrogen) atoms. The van der Waals surface area contributed by atoms with E-state index < -0.39 is 5.72 Å². The minimum absolute atomic E-state index is 0.0901. The summed E-state index contributed by atoms with van der Waals surface area (Å²) >= 11 is 0. The van der Waals surface area contributed by atoms with Crippen molar-refractivity contribution in [1.82, 2.24) is 10.2 Å². The summed E-state index contributed by atoms with van der Waals surface area (Å²) in [6.45, 7) is 1.89. The molecule has 4 heteroatoms. The van der Waals surface area contributed by atoms with Crippen molar-refractivity contribution in [1.29, 1.82) is 0 Å². The van der Waals surface area contributed by atoms with Crippen molar-refractivity contribution in [3.05, 3.63) is 35.9 Å². The quantitative estimate of drug-likeness (QED) is 0.835. The van der Waals surface area contributed by atoms with Gasteiger partial charge in [0.2, 0.25) is 5.91 Å². The average molecular weight is 288 g/mol. The molecule has 0 saturated carbocycles. The first kappa shape index (κ1) is 14.5. The molecule has 2 saturated heterocycles. The van der Waals surface area contributed by atoms with Crippen LogP contribution >= 0.6 is 0 Å². The van der Waals surface area contributed by atoms with Crippen LogP contribution < -0.4 is 5.32 Å². The molecule has 2 aliphatic rings. The van der Waals surface area contributed by atoms with Crippen LogP contribution in [0, 0.1) is 0 Å². The van der Waals surface area contributed by atoms with Gasteiger partial charge in [0.25, 0.3) is 0 Å². The molecule has 1 aromatic rings. The summed E-state index contributed by atoms with van der Waals surface area (Å²) < 4.78 is 0. The Balaban J connectivity index is 1.67. The Bertz CT molecular complexity index is 503. The third-order valence-electron chi connectivity index (χ3n) is 5.18. The molecule has 1 amide bonds. The van der Waals surface area contributed by atoms with Gasteiger partial charge in [-0.15, -0.1) is 0 Å². The Kier molecular flexibility index (Phi) is 3.76. The van der Waals surface area contributed by atoms with Gasteiger partial charge in [-0.25, -0.2) is 0 Å². The second-order valence-electron chi connectivity index (χ2n) is 6.61. The maximum absolute atomic E-state index is 12.4. The standard InChI is InChI=1S/C17H24N2O2/c1-12(13-6-4-3-5-7-13)16(20)18-17(21)10-14-8-9-15(11-17)19(14)2/h3-7,12,14-15,21H,8-11H2,1-2H3,(H,18,20).